The zero-order chi connectivity index (χ0) is 38.3. The fourth-order valence-electron chi connectivity index (χ4n) is 6.99. The Morgan fingerprint density at radius 3 is 1.83 bits per heavy atom. The van der Waals surface area contributed by atoms with E-state index in [1.165, 1.54) is 6.92 Å². The molecular weight excluding hydrogens is 700 g/mol. The van der Waals surface area contributed by atoms with Crippen LogP contribution in [-0.4, -0.2) is 204 Å². The highest BCUT2D eigenvalue weighted by Crippen LogP contribution is 2.37. The van der Waals surface area contributed by atoms with Crippen LogP contribution in [0.1, 0.15) is 45.4 Å². The fourth-order valence-corrected chi connectivity index (χ4v) is 6.99. The van der Waals surface area contributed by atoms with Crippen LogP contribution in [0.2, 0.25) is 0 Å². The van der Waals surface area contributed by atoms with Crippen LogP contribution in [0.15, 0.2) is 12.7 Å². The van der Waals surface area contributed by atoms with E-state index in [1.807, 2.05) is 6.08 Å². The van der Waals surface area contributed by atoms with E-state index in [0.717, 1.165) is 25.7 Å². The van der Waals surface area contributed by atoms with E-state index in [9.17, 15) is 61.3 Å². The van der Waals surface area contributed by atoms with Crippen molar-refractivity contribution in [2.45, 2.75) is 162 Å². The minimum absolute atomic E-state index is 0.182. The molecule has 52 heavy (non-hydrogen) atoms. The molecular formula is C33H58O19. The number of hydrogen-bond acceptors (Lipinski definition) is 19. The lowest BCUT2D eigenvalue weighted by Crippen LogP contribution is -2.68. The predicted octanol–water partition coefficient (Wildman–Crippen LogP) is -4.90. The summed E-state index contributed by atoms with van der Waals surface area (Å²) in [7, 11) is 0. The molecule has 8 unspecified atom stereocenters. The number of aliphatic hydroxyl groups excluding tert-OH is 12. The first-order chi connectivity index (χ1) is 24.8. The molecule has 3 aliphatic heterocycles. The summed E-state index contributed by atoms with van der Waals surface area (Å²) in [6, 6.07) is 0. The van der Waals surface area contributed by atoms with Crippen molar-refractivity contribution >= 4 is 0 Å². The molecule has 19 heteroatoms. The molecule has 0 aromatic rings. The van der Waals surface area contributed by atoms with Gasteiger partial charge in [0, 0.05) is 19.1 Å². The third kappa shape index (κ3) is 10.0. The Morgan fingerprint density at radius 2 is 1.17 bits per heavy atom. The fraction of sp³-hybridized carbons (Fsp3) is 0.939. The monoisotopic (exact) mass is 758 g/mol. The molecule has 0 aromatic heterocycles. The average molecular weight is 759 g/mol. The Labute approximate surface area is 301 Å². The van der Waals surface area contributed by atoms with Crippen molar-refractivity contribution in [2.75, 3.05) is 26.4 Å². The minimum atomic E-state index is -1.88. The topological polar surface area (TPSA) is 307 Å². The lowest BCUT2D eigenvalue weighted by molar-refractivity contribution is -0.393. The van der Waals surface area contributed by atoms with Crippen LogP contribution in [0.4, 0.5) is 0 Å². The van der Waals surface area contributed by atoms with Gasteiger partial charge in [-0.05, 0) is 32.6 Å². The van der Waals surface area contributed by atoms with Gasteiger partial charge >= 0.3 is 0 Å². The number of aliphatic hydroxyl groups is 12. The predicted molar refractivity (Wildman–Crippen MR) is 173 cm³/mol. The molecule has 0 spiro atoms. The highest BCUT2D eigenvalue weighted by Gasteiger charge is 2.56. The van der Waals surface area contributed by atoms with Crippen molar-refractivity contribution in [3.63, 3.8) is 0 Å². The molecule has 12 N–H and O–H groups in total. The molecule has 304 valence electrons. The molecule has 0 amide bonds. The molecule has 3 heterocycles. The van der Waals surface area contributed by atoms with Gasteiger partial charge in [-0.25, -0.2) is 0 Å². The van der Waals surface area contributed by atoms with Crippen molar-refractivity contribution in [1.29, 1.82) is 0 Å². The Morgan fingerprint density at radius 1 is 0.558 bits per heavy atom. The SMILES string of the molecule is C=CCCCCCCO[C@@H]1OC(CO)[C@@H](O[C@@H]2OC(CO)[C@H](O)[C@H](O[C@H]3CC(CO)[C@H](O)[C@H](O)C3O)C2O[C@@H]2OC(C)[C@@H](O)[C@H](O)C2O)[C@H](O)C1O. The van der Waals surface area contributed by atoms with E-state index in [-0.39, 0.29) is 13.0 Å². The Kier molecular flexibility index (Phi) is 17.0. The van der Waals surface area contributed by atoms with Crippen molar-refractivity contribution in [3.05, 3.63) is 12.7 Å². The van der Waals surface area contributed by atoms with E-state index in [2.05, 4.69) is 6.58 Å². The van der Waals surface area contributed by atoms with Crippen LogP contribution in [0, 0.1) is 5.92 Å². The van der Waals surface area contributed by atoms with Gasteiger partial charge in [0.25, 0.3) is 0 Å². The molecule has 0 bridgehead atoms. The quantitative estimate of drug-likeness (QED) is 0.0489. The van der Waals surface area contributed by atoms with Gasteiger partial charge in [-0.2, -0.15) is 0 Å². The number of hydrogen-bond donors (Lipinski definition) is 12. The molecule has 1 aliphatic carbocycles. The average Bonchev–Trinajstić information content (AvgIpc) is 3.13. The first-order valence-electron chi connectivity index (χ1n) is 17.9. The van der Waals surface area contributed by atoms with Crippen LogP contribution in [0.5, 0.6) is 0 Å². The van der Waals surface area contributed by atoms with Crippen molar-refractivity contribution < 1.29 is 94.4 Å². The minimum Gasteiger partial charge on any atom is -0.396 e. The summed E-state index contributed by atoms with van der Waals surface area (Å²) in [5.41, 5.74) is 0. The molecule has 4 fully saturated rings. The van der Waals surface area contributed by atoms with Gasteiger partial charge in [0.05, 0.1) is 31.5 Å². The van der Waals surface area contributed by atoms with Crippen molar-refractivity contribution in [3.8, 4) is 0 Å². The van der Waals surface area contributed by atoms with Crippen LogP contribution in [0.3, 0.4) is 0 Å². The molecule has 4 rings (SSSR count). The first kappa shape index (κ1) is 43.7. The number of ether oxygens (including phenoxy) is 7. The Bertz CT molecular complexity index is 1050. The van der Waals surface area contributed by atoms with Crippen LogP contribution in [-0.2, 0) is 33.2 Å². The number of rotatable bonds is 17. The van der Waals surface area contributed by atoms with E-state index < -0.39 is 142 Å². The molecule has 3 saturated heterocycles. The lowest BCUT2D eigenvalue weighted by atomic mass is 9.81. The maximum absolute atomic E-state index is 11.4. The third-order valence-electron chi connectivity index (χ3n) is 10.3. The first-order valence-corrected chi connectivity index (χ1v) is 17.9. The van der Waals surface area contributed by atoms with Gasteiger partial charge in [-0.3, -0.25) is 0 Å². The molecule has 4 aliphatic rings. The third-order valence-corrected chi connectivity index (χ3v) is 10.3. The summed E-state index contributed by atoms with van der Waals surface area (Å²) in [5, 5.41) is 127. The number of allylic oxidation sites excluding steroid dienone is 1. The normalized spacial score (nSPS) is 47.3. The highest BCUT2D eigenvalue weighted by atomic mass is 16.8. The largest absolute Gasteiger partial charge is 0.396 e. The zero-order valence-electron chi connectivity index (χ0n) is 29.1. The Balaban J connectivity index is 1.59. The summed E-state index contributed by atoms with van der Waals surface area (Å²) < 4.78 is 41.0. The van der Waals surface area contributed by atoms with Crippen LogP contribution < -0.4 is 0 Å². The second-order valence-electron chi connectivity index (χ2n) is 14.0. The second kappa shape index (κ2) is 20.2. The van der Waals surface area contributed by atoms with E-state index in [0.29, 0.717) is 6.42 Å². The van der Waals surface area contributed by atoms with Crippen molar-refractivity contribution in [1.82, 2.24) is 0 Å². The molecule has 20 atom stereocenters. The lowest BCUT2D eigenvalue weighted by Gasteiger charge is -2.50. The molecule has 1 saturated carbocycles. The smallest absolute Gasteiger partial charge is 0.187 e. The van der Waals surface area contributed by atoms with Gasteiger partial charge in [0.1, 0.15) is 79.4 Å². The van der Waals surface area contributed by atoms with Crippen molar-refractivity contribution in [2.24, 2.45) is 5.92 Å². The van der Waals surface area contributed by atoms with Gasteiger partial charge < -0.3 is 94.4 Å². The van der Waals surface area contributed by atoms with Gasteiger partial charge in [-0.1, -0.05) is 18.9 Å². The van der Waals surface area contributed by atoms with Gasteiger partial charge in [0.2, 0.25) is 0 Å². The summed E-state index contributed by atoms with van der Waals surface area (Å²) in [5.74, 6) is -0.963. The summed E-state index contributed by atoms with van der Waals surface area (Å²) in [6.07, 6.45) is -24.8. The standard InChI is InChI=1S/C33H58O19/c1-3-4-5-6-7-8-9-46-31-27(45)25(43)28(18(13-36)50-31)51-33-30(52-32-26(44)23(41)19(37)14(2)47-32)29(22(40)17(12-35)49-33)48-16-10-15(11-34)20(38)24(42)21(16)39/h3,14-45H,1,4-13H2,2H3/t14?,15?,16-,17?,18?,19+,20-,21?,22-,23-,24-,25+,26?,27?,28+,29-,30?,31+,32-,33-/m0/s1. The molecule has 19 nitrogen and oxygen atoms in total. The van der Waals surface area contributed by atoms with Gasteiger partial charge in [0.15, 0.2) is 18.9 Å². The highest BCUT2D eigenvalue weighted by molar-refractivity contribution is 4.99. The summed E-state index contributed by atoms with van der Waals surface area (Å²) >= 11 is 0. The summed E-state index contributed by atoms with van der Waals surface area (Å²) in [4.78, 5) is 0. The van der Waals surface area contributed by atoms with E-state index >= 15 is 0 Å². The maximum Gasteiger partial charge on any atom is 0.187 e. The Hall–Kier alpha value is -1.02. The van der Waals surface area contributed by atoms with Gasteiger partial charge in [-0.15, -0.1) is 6.58 Å². The van der Waals surface area contributed by atoms with Crippen LogP contribution >= 0.6 is 0 Å². The molecule has 0 radical (unpaired) electrons. The van der Waals surface area contributed by atoms with E-state index in [4.69, 9.17) is 33.2 Å². The van der Waals surface area contributed by atoms with Crippen LogP contribution in [0.25, 0.3) is 0 Å². The van der Waals surface area contributed by atoms with E-state index in [1.54, 1.807) is 0 Å². The summed E-state index contributed by atoms with van der Waals surface area (Å²) in [6.45, 7) is 3.07. The molecule has 0 aromatic carbocycles. The maximum atomic E-state index is 11.4. The zero-order valence-corrected chi connectivity index (χ0v) is 29.1. The number of unbranched alkanes of at least 4 members (excludes halogenated alkanes) is 4. The second-order valence-corrected chi connectivity index (χ2v) is 14.0.